The van der Waals surface area contributed by atoms with E-state index in [1.165, 1.54) is 13.1 Å². The summed E-state index contributed by atoms with van der Waals surface area (Å²) in [5.74, 6) is -0.272. The van der Waals surface area contributed by atoms with Crippen LogP contribution in [0.3, 0.4) is 0 Å². The van der Waals surface area contributed by atoms with Crippen molar-refractivity contribution in [3.8, 4) is 5.75 Å². The summed E-state index contributed by atoms with van der Waals surface area (Å²) in [6, 6.07) is 7.26. The molecule has 1 amide bonds. The van der Waals surface area contributed by atoms with E-state index in [2.05, 4.69) is 5.32 Å². The first-order valence-corrected chi connectivity index (χ1v) is 5.36. The van der Waals surface area contributed by atoms with E-state index in [1.54, 1.807) is 25.3 Å². The lowest BCUT2D eigenvalue weighted by Gasteiger charge is -2.03. The van der Waals surface area contributed by atoms with E-state index in [0.717, 1.165) is 5.56 Å². The largest absolute Gasteiger partial charge is 0.496 e. The van der Waals surface area contributed by atoms with Gasteiger partial charge in [0.15, 0.2) is 6.61 Å². The summed E-state index contributed by atoms with van der Waals surface area (Å²) in [6.45, 7) is -0.286. The normalized spacial score (nSPS) is 10.1. The van der Waals surface area contributed by atoms with Crippen molar-refractivity contribution in [2.24, 2.45) is 0 Å². The van der Waals surface area contributed by atoms with Crippen molar-refractivity contribution in [2.45, 2.75) is 0 Å². The van der Waals surface area contributed by atoms with E-state index in [-0.39, 0.29) is 12.5 Å². The monoisotopic (exact) mass is 249 g/mol. The van der Waals surface area contributed by atoms with E-state index < -0.39 is 5.97 Å². The maximum atomic E-state index is 11.3. The van der Waals surface area contributed by atoms with Crippen LogP contribution in [-0.2, 0) is 14.3 Å². The van der Waals surface area contributed by atoms with Crippen LogP contribution in [0.15, 0.2) is 30.3 Å². The third kappa shape index (κ3) is 4.29. The molecule has 0 spiro atoms. The third-order valence-electron chi connectivity index (χ3n) is 2.16. The molecule has 1 aromatic carbocycles. The molecule has 0 fully saturated rings. The van der Waals surface area contributed by atoms with Crippen molar-refractivity contribution in [3.63, 3.8) is 0 Å². The summed E-state index contributed by atoms with van der Waals surface area (Å²) in [5, 5.41) is 2.35. The van der Waals surface area contributed by atoms with Crippen molar-refractivity contribution in [1.82, 2.24) is 5.32 Å². The van der Waals surface area contributed by atoms with Crippen LogP contribution in [-0.4, -0.2) is 32.6 Å². The number of rotatable bonds is 5. The zero-order chi connectivity index (χ0) is 13.4. The van der Waals surface area contributed by atoms with E-state index in [9.17, 15) is 9.59 Å². The number of nitrogens with one attached hydrogen (secondary N) is 1. The molecule has 96 valence electrons. The van der Waals surface area contributed by atoms with Crippen LogP contribution in [0, 0.1) is 0 Å². The molecule has 5 heteroatoms. The van der Waals surface area contributed by atoms with Crippen LogP contribution in [0.2, 0.25) is 0 Å². The molecule has 1 N–H and O–H groups in total. The minimum absolute atomic E-state index is 0.286. The predicted octanol–water partition coefficient (Wildman–Crippen LogP) is 0.998. The first-order valence-electron chi connectivity index (χ1n) is 5.36. The van der Waals surface area contributed by atoms with Crippen LogP contribution >= 0.6 is 0 Å². The maximum absolute atomic E-state index is 11.3. The maximum Gasteiger partial charge on any atom is 0.331 e. The number of likely N-dealkylation sites (N-methyl/N-ethyl adjacent to an activating group) is 1. The topological polar surface area (TPSA) is 64.6 Å². The molecular formula is C13H15NO4. The highest BCUT2D eigenvalue weighted by Gasteiger charge is 2.03. The molecule has 0 aliphatic heterocycles. The van der Waals surface area contributed by atoms with Crippen molar-refractivity contribution in [3.05, 3.63) is 35.9 Å². The Hall–Kier alpha value is -2.30. The molecule has 0 unspecified atom stereocenters. The van der Waals surface area contributed by atoms with Crippen molar-refractivity contribution < 1.29 is 19.1 Å². The molecule has 0 heterocycles. The number of methoxy groups -OCH3 is 1. The van der Waals surface area contributed by atoms with Gasteiger partial charge in [-0.25, -0.2) is 4.79 Å². The Kier molecular flexibility index (Phi) is 5.44. The van der Waals surface area contributed by atoms with Gasteiger partial charge in [0.1, 0.15) is 5.75 Å². The number of esters is 1. The van der Waals surface area contributed by atoms with Gasteiger partial charge in [-0.2, -0.15) is 0 Å². The average Bonchev–Trinajstić information content (AvgIpc) is 2.42. The van der Waals surface area contributed by atoms with Crippen LogP contribution < -0.4 is 10.1 Å². The highest BCUT2D eigenvalue weighted by atomic mass is 16.5. The Morgan fingerprint density at radius 1 is 1.33 bits per heavy atom. The van der Waals surface area contributed by atoms with Crippen molar-refractivity contribution >= 4 is 18.0 Å². The third-order valence-corrected chi connectivity index (χ3v) is 2.16. The Morgan fingerprint density at radius 3 is 2.72 bits per heavy atom. The van der Waals surface area contributed by atoms with Gasteiger partial charge in [-0.3, -0.25) is 4.79 Å². The summed E-state index contributed by atoms with van der Waals surface area (Å²) in [6.07, 6.45) is 2.83. The van der Waals surface area contributed by atoms with E-state index in [0.29, 0.717) is 5.75 Å². The van der Waals surface area contributed by atoms with E-state index >= 15 is 0 Å². The molecule has 0 saturated carbocycles. The fraction of sp³-hybridized carbons (Fsp3) is 0.231. The molecule has 5 nitrogen and oxygen atoms in total. The molecule has 0 aromatic heterocycles. The molecule has 0 aliphatic carbocycles. The minimum Gasteiger partial charge on any atom is -0.496 e. The number of carbonyl (C=O) groups is 2. The number of ether oxygens (including phenoxy) is 2. The van der Waals surface area contributed by atoms with Crippen LogP contribution in [0.4, 0.5) is 0 Å². The van der Waals surface area contributed by atoms with Gasteiger partial charge in [-0.05, 0) is 12.1 Å². The Labute approximate surface area is 105 Å². The van der Waals surface area contributed by atoms with Gasteiger partial charge in [-0.15, -0.1) is 0 Å². The van der Waals surface area contributed by atoms with Gasteiger partial charge in [0.05, 0.1) is 7.11 Å². The standard InChI is InChI=1S/C13H15NO4/c1-14-12(15)9-18-13(16)8-7-10-5-3-4-6-11(10)17-2/h3-8H,9H2,1-2H3,(H,14,15). The molecule has 18 heavy (non-hydrogen) atoms. The quantitative estimate of drug-likeness (QED) is 0.624. The number of amides is 1. The van der Waals surface area contributed by atoms with Gasteiger partial charge < -0.3 is 14.8 Å². The highest BCUT2D eigenvalue weighted by molar-refractivity contribution is 5.89. The van der Waals surface area contributed by atoms with Crippen molar-refractivity contribution in [2.75, 3.05) is 20.8 Å². The molecule has 0 bridgehead atoms. The zero-order valence-corrected chi connectivity index (χ0v) is 10.3. The molecule has 0 saturated heterocycles. The lowest BCUT2D eigenvalue weighted by Crippen LogP contribution is -2.24. The fourth-order valence-electron chi connectivity index (χ4n) is 1.22. The average molecular weight is 249 g/mol. The number of hydrogen-bond acceptors (Lipinski definition) is 4. The second-order valence-corrected chi connectivity index (χ2v) is 3.36. The number of carbonyl (C=O) groups excluding carboxylic acids is 2. The SMILES string of the molecule is CNC(=O)COC(=O)C=Cc1ccccc1OC. The summed E-state index contributed by atoms with van der Waals surface area (Å²) in [5.41, 5.74) is 0.761. The van der Waals surface area contributed by atoms with Crippen LogP contribution in [0.1, 0.15) is 5.56 Å². The first kappa shape index (κ1) is 13.8. The van der Waals surface area contributed by atoms with Crippen LogP contribution in [0.25, 0.3) is 6.08 Å². The Morgan fingerprint density at radius 2 is 2.06 bits per heavy atom. The van der Waals surface area contributed by atoms with Gasteiger partial charge in [0, 0.05) is 18.7 Å². The Bertz CT molecular complexity index is 454. The molecule has 1 rings (SSSR count). The lowest BCUT2D eigenvalue weighted by molar-refractivity contribution is -0.143. The minimum atomic E-state index is -0.579. The molecule has 1 aromatic rings. The van der Waals surface area contributed by atoms with Crippen LogP contribution in [0.5, 0.6) is 5.75 Å². The van der Waals surface area contributed by atoms with Crippen molar-refractivity contribution in [1.29, 1.82) is 0 Å². The highest BCUT2D eigenvalue weighted by Crippen LogP contribution is 2.18. The summed E-state index contributed by atoms with van der Waals surface area (Å²) >= 11 is 0. The molecule has 0 atom stereocenters. The number of para-hydroxylation sites is 1. The molecule has 0 aliphatic rings. The number of hydrogen-bond donors (Lipinski definition) is 1. The predicted molar refractivity (Wildman–Crippen MR) is 67.1 cm³/mol. The smallest absolute Gasteiger partial charge is 0.331 e. The Balaban J connectivity index is 2.58. The first-order chi connectivity index (χ1) is 8.67. The summed E-state index contributed by atoms with van der Waals surface area (Å²) in [7, 11) is 3.03. The van der Waals surface area contributed by atoms with E-state index in [4.69, 9.17) is 9.47 Å². The van der Waals surface area contributed by atoms with Gasteiger partial charge in [0.2, 0.25) is 0 Å². The lowest BCUT2D eigenvalue weighted by atomic mass is 10.2. The van der Waals surface area contributed by atoms with Gasteiger partial charge >= 0.3 is 5.97 Å². The van der Waals surface area contributed by atoms with Gasteiger partial charge in [-0.1, -0.05) is 18.2 Å². The second kappa shape index (κ2) is 7.11. The second-order valence-electron chi connectivity index (χ2n) is 3.36. The zero-order valence-electron chi connectivity index (χ0n) is 10.3. The summed E-state index contributed by atoms with van der Waals surface area (Å²) < 4.78 is 9.84. The summed E-state index contributed by atoms with van der Waals surface area (Å²) in [4.78, 5) is 22.2. The van der Waals surface area contributed by atoms with Gasteiger partial charge in [0.25, 0.3) is 5.91 Å². The molecule has 0 radical (unpaired) electrons. The van der Waals surface area contributed by atoms with E-state index in [1.807, 2.05) is 12.1 Å². The molecular weight excluding hydrogens is 234 g/mol. The fourth-order valence-corrected chi connectivity index (χ4v) is 1.22. The number of benzene rings is 1.